The van der Waals surface area contributed by atoms with Gasteiger partial charge in [-0.2, -0.15) is 6.42 Å². The van der Waals surface area contributed by atoms with Gasteiger partial charge in [0.2, 0.25) is 0 Å². The summed E-state index contributed by atoms with van der Waals surface area (Å²) in [4.78, 5) is 19.3. The van der Waals surface area contributed by atoms with E-state index >= 15 is 0 Å². The van der Waals surface area contributed by atoms with Gasteiger partial charge >= 0.3 is 19.5 Å². The Morgan fingerprint density at radius 3 is 1.73 bits per heavy atom. The summed E-state index contributed by atoms with van der Waals surface area (Å²) in [6.45, 7) is 6.70. The van der Waals surface area contributed by atoms with Crippen molar-refractivity contribution in [2.24, 2.45) is 0 Å². The van der Waals surface area contributed by atoms with E-state index in [0.717, 1.165) is 6.42 Å². The number of carboxylic acids is 1. The molecule has 0 aliphatic carbocycles. The molecule has 0 aliphatic rings. The third-order valence-corrected chi connectivity index (χ3v) is 0.393. The molecule has 0 bridgehead atoms. The molecule has 0 fully saturated rings. The van der Waals surface area contributed by atoms with Crippen molar-refractivity contribution in [1.29, 1.82) is 0 Å². The standard InChI is InChI=1S/C4H6O3.C3H7.Zn/c1-3(5)2-4(6)7;1-3-2;/h2H2,1H3,(H,6,7);1,3H2,2H3;/q;-1;+2/p-1. The third kappa shape index (κ3) is 41.5. The molecule has 0 radical (unpaired) electrons. The molecule has 11 heavy (non-hydrogen) atoms. The van der Waals surface area contributed by atoms with E-state index in [0.29, 0.717) is 0 Å². The molecule has 4 heteroatoms. The van der Waals surface area contributed by atoms with Crippen molar-refractivity contribution < 1.29 is 34.2 Å². The van der Waals surface area contributed by atoms with E-state index in [4.69, 9.17) is 0 Å². The first-order valence-corrected chi connectivity index (χ1v) is 3.03. The van der Waals surface area contributed by atoms with E-state index in [1.807, 2.05) is 6.92 Å². The van der Waals surface area contributed by atoms with Crippen LogP contribution in [0.5, 0.6) is 0 Å². The van der Waals surface area contributed by atoms with Crippen molar-refractivity contribution in [2.75, 3.05) is 0 Å². The predicted molar refractivity (Wildman–Crippen MR) is 36.0 cm³/mol. The van der Waals surface area contributed by atoms with Gasteiger partial charge in [-0.05, 0) is 6.92 Å². The van der Waals surface area contributed by atoms with E-state index in [9.17, 15) is 14.7 Å². The monoisotopic (exact) mass is 208 g/mol. The smallest absolute Gasteiger partial charge is 0.550 e. The van der Waals surface area contributed by atoms with E-state index in [1.165, 1.54) is 6.92 Å². The van der Waals surface area contributed by atoms with Crippen LogP contribution in [-0.2, 0) is 29.1 Å². The van der Waals surface area contributed by atoms with E-state index in [2.05, 4.69) is 6.92 Å². The quantitative estimate of drug-likeness (QED) is 0.364. The summed E-state index contributed by atoms with van der Waals surface area (Å²) >= 11 is 0. The molecule has 0 amide bonds. The van der Waals surface area contributed by atoms with Gasteiger partial charge in [-0.15, -0.1) is 0 Å². The molecule has 0 unspecified atom stereocenters. The van der Waals surface area contributed by atoms with Crippen molar-refractivity contribution >= 4 is 11.8 Å². The van der Waals surface area contributed by atoms with E-state index < -0.39 is 12.4 Å². The molecule has 0 aromatic rings. The Morgan fingerprint density at radius 2 is 1.73 bits per heavy atom. The van der Waals surface area contributed by atoms with Crippen LogP contribution in [0.3, 0.4) is 0 Å². The largest absolute Gasteiger partial charge is 2.00 e. The maximum Gasteiger partial charge on any atom is 2.00 e. The number of Topliss-reactive ketones (excluding diaryl/α,β-unsaturated/α-hetero) is 1. The Hall–Kier alpha value is -0.237. The van der Waals surface area contributed by atoms with Crippen LogP contribution in [0.25, 0.3) is 0 Å². The Bertz CT molecular complexity index is 100. The molecule has 0 aromatic heterocycles. The van der Waals surface area contributed by atoms with Crippen LogP contribution in [0.15, 0.2) is 0 Å². The topological polar surface area (TPSA) is 57.2 Å². The molecule has 0 atom stereocenters. The summed E-state index contributed by atoms with van der Waals surface area (Å²) < 4.78 is 0. The average molecular weight is 210 g/mol. The minimum Gasteiger partial charge on any atom is -0.550 e. The van der Waals surface area contributed by atoms with Gasteiger partial charge in [0, 0.05) is 12.4 Å². The number of hydrogen-bond donors (Lipinski definition) is 0. The molecule has 0 aromatic carbocycles. The van der Waals surface area contributed by atoms with Crippen molar-refractivity contribution in [3.05, 3.63) is 6.92 Å². The Labute approximate surface area is 79.9 Å². The van der Waals surface area contributed by atoms with Gasteiger partial charge in [0.15, 0.2) is 0 Å². The fourth-order valence-electron chi connectivity index (χ4n) is 0.203. The third-order valence-electron chi connectivity index (χ3n) is 0.393. The fourth-order valence-corrected chi connectivity index (χ4v) is 0.203. The van der Waals surface area contributed by atoms with Crippen molar-refractivity contribution in [2.45, 2.75) is 26.7 Å². The van der Waals surface area contributed by atoms with Gasteiger partial charge in [0.1, 0.15) is 5.78 Å². The van der Waals surface area contributed by atoms with Crippen molar-refractivity contribution in [3.63, 3.8) is 0 Å². The van der Waals surface area contributed by atoms with Crippen LogP contribution in [0.4, 0.5) is 0 Å². The molecule has 0 rings (SSSR count). The second-order valence-electron chi connectivity index (χ2n) is 1.75. The van der Waals surface area contributed by atoms with Crippen LogP contribution >= 0.6 is 0 Å². The summed E-state index contributed by atoms with van der Waals surface area (Å²) in [5, 5.41) is 9.48. The minimum atomic E-state index is -1.31. The first kappa shape index (κ1) is 17.0. The zero-order chi connectivity index (χ0) is 8.57. The van der Waals surface area contributed by atoms with Crippen LogP contribution in [0.1, 0.15) is 26.7 Å². The summed E-state index contributed by atoms with van der Waals surface area (Å²) in [5.74, 6) is -1.69. The predicted octanol–water partition coefficient (Wildman–Crippen LogP) is -0.0566. The molecule has 60 valence electrons. The van der Waals surface area contributed by atoms with Crippen molar-refractivity contribution in [1.82, 2.24) is 0 Å². The van der Waals surface area contributed by atoms with Gasteiger partial charge in [-0.3, -0.25) is 4.79 Å². The first-order chi connectivity index (χ1) is 4.54. The molecule has 0 saturated heterocycles. The van der Waals surface area contributed by atoms with Crippen LogP contribution in [0, 0.1) is 6.92 Å². The van der Waals surface area contributed by atoms with Gasteiger partial charge in [0.05, 0.1) is 0 Å². The summed E-state index contributed by atoms with van der Waals surface area (Å²) in [6.07, 6.45) is 0.528. The molecule has 0 saturated carbocycles. The number of carbonyl (C=O) groups excluding carboxylic acids is 2. The summed E-state index contributed by atoms with van der Waals surface area (Å²) in [7, 11) is 0. The SMILES string of the molecule is CC(=O)CC(=O)[O-].[CH2-]CC.[Zn+2]. The Balaban J connectivity index is -0.000000140. The minimum absolute atomic E-state index is 0. The molecule has 0 N–H and O–H groups in total. The van der Waals surface area contributed by atoms with E-state index in [1.54, 1.807) is 0 Å². The zero-order valence-corrected chi connectivity index (χ0v) is 10.0. The van der Waals surface area contributed by atoms with Gasteiger partial charge in [-0.25, -0.2) is 0 Å². The number of aliphatic carboxylic acids is 1. The number of hydrogen-bond acceptors (Lipinski definition) is 3. The Kier molecular flexibility index (Phi) is 19.3. The number of carbonyl (C=O) groups is 2. The van der Waals surface area contributed by atoms with E-state index in [-0.39, 0.29) is 25.3 Å². The molecule has 0 heterocycles. The number of ketones is 1. The second-order valence-corrected chi connectivity index (χ2v) is 1.75. The molecule has 0 aliphatic heterocycles. The van der Waals surface area contributed by atoms with Crippen molar-refractivity contribution in [3.8, 4) is 0 Å². The van der Waals surface area contributed by atoms with Gasteiger partial charge in [0.25, 0.3) is 0 Å². The first-order valence-electron chi connectivity index (χ1n) is 3.03. The average Bonchev–Trinajstić information content (AvgIpc) is 1.62. The van der Waals surface area contributed by atoms with Crippen LogP contribution in [-0.4, -0.2) is 11.8 Å². The molecule has 3 nitrogen and oxygen atoms in total. The zero-order valence-electron chi connectivity index (χ0n) is 7.05. The molecular weight excluding hydrogens is 197 g/mol. The van der Waals surface area contributed by atoms with Crippen LogP contribution in [0.2, 0.25) is 0 Å². The maximum absolute atomic E-state index is 9.83. The summed E-state index contributed by atoms with van der Waals surface area (Å²) in [5.41, 5.74) is 0. The number of rotatable bonds is 2. The second kappa shape index (κ2) is 12.4. The Morgan fingerprint density at radius 1 is 1.45 bits per heavy atom. The number of carboxylic acid groups (broad SMARTS) is 1. The fraction of sp³-hybridized carbons (Fsp3) is 0.571. The maximum atomic E-state index is 9.83. The molecular formula is C7H12O3Zn. The van der Waals surface area contributed by atoms with Gasteiger partial charge in [-0.1, -0.05) is 6.92 Å². The summed E-state index contributed by atoms with van der Waals surface area (Å²) in [6, 6.07) is 0. The van der Waals surface area contributed by atoms with Crippen LogP contribution < -0.4 is 5.11 Å². The molecule has 0 spiro atoms. The van der Waals surface area contributed by atoms with Gasteiger partial charge < -0.3 is 16.8 Å². The normalized spacial score (nSPS) is 6.82.